The third-order valence-corrected chi connectivity index (χ3v) is 9.61. The molecule has 1 rings (SSSR count). The van der Waals surface area contributed by atoms with Crippen molar-refractivity contribution in [3.63, 3.8) is 0 Å². The van der Waals surface area contributed by atoms with Crippen molar-refractivity contribution in [2.75, 3.05) is 13.2 Å². The highest BCUT2D eigenvalue weighted by Gasteiger charge is 2.13. The Kier molecular flexibility index (Phi) is 31.5. The van der Waals surface area contributed by atoms with Crippen LogP contribution in [0.4, 0.5) is 9.59 Å². The van der Waals surface area contributed by atoms with Crippen LogP contribution in [0.2, 0.25) is 0 Å². The third-order valence-electron chi connectivity index (χ3n) is 8.91. The minimum Gasteiger partial charge on any atom is -0.462 e. The maximum atomic E-state index is 12.0. The summed E-state index contributed by atoms with van der Waals surface area (Å²) in [6.07, 6.45) is 42.5. The van der Waals surface area contributed by atoms with Gasteiger partial charge in [-0.2, -0.15) is 0 Å². The van der Waals surface area contributed by atoms with Crippen molar-refractivity contribution < 1.29 is 28.6 Å². The predicted molar refractivity (Wildman–Crippen MR) is 199 cm³/mol. The Bertz CT molecular complexity index is 755. The average Bonchev–Trinajstić information content (AvgIpc) is 3.06. The quantitative estimate of drug-likeness (QED) is 0.125. The SMILES string of the molecule is CCC(=O)OC1CCCCCCCCC=CCCCCCCCOC(=O)PC(=O)OCCCCCCCC=CCCCCCCCC1. The van der Waals surface area contributed by atoms with Crippen LogP contribution in [0.25, 0.3) is 0 Å². The van der Waals surface area contributed by atoms with Crippen LogP contribution >= 0.6 is 8.58 Å². The normalized spacial score (nSPS) is 23.2. The maximum absolute atomic E-state index is 12.0. The van der Waals surface area contributed by atoms with Crippen molar-refractivity contribution in [1.82, 2.24) is 0 Å². The highest BCUT2D eigenvalue weighted by atomic mass is 31.1. The second-order valence-electron chi connectivity index (χ2n) is 13.3. The molecule has 0 unspecified atom stereocenters. The van der Waals surface area contributed by atoms with Crippen LogP contribution in [0, 0.1) is 0 Å². The van der Waals surface area contributed by atoms with E-state index in [0.29, 0.717) is 19.6 Å². The molecule has 0 aromatic heterocycles. The summed E-state index contributed by atoms with van der Waals surface area (Å²) in [6, 6.07) is 0. The van der Waals surface area contributed by atoms with Gasteiger partial charge in [-0.05, 0) is 89.9 Å². The van der Waals surface area contributed by atoms with Gasteiger partial charge in [0.1, 0.15) is 14.7 Å². The van der Waals surface area contributed by atoms with E-state index in [4.69, 9.17) is 14.2 Å². The number of allylic oxidation sites excluding steroid dienone is 4. The number of hydrogen-bond donors (Lipinski definition) is 0. The average molecular weight is 679 g/mol. The Hall–Kier alpha value is -1.68. The van der Waals surface area contributed by atoms with Crippen molar-refractivity contribution in [2.45, 2.75) is 199 Å². The lowest BCUT2D eigenvalue weighted by atomic mass is 10.0. The maximum Gasteiger partial charge on any atom is 0.334 e. The van der Waals surface area contributed by atoms with Gasteiger partial charge in [0.05, 0.1) is 13.2 Å². The van der Waals surface area contributed by atoms with E-state index < -0.39 is 20.0 Å². The van der Waals surface area contributed by atoms with Crippen molar-refractivity contribution >= 4 is 26.0 Å². The monoisotopic (exact) mass is 678 g/mol. The van der Waals surface area contributed by atoms with Gasteiger partial charge in [0.25, 0.3) is 0 Å². The summed E-state index contributed by atoms with van der Waals surface area (Å²) in [5.74, 6) is -0.0458. The van der Waals surface area contributed by atoms with Crippen LogP contribution in [0.1, 0.15) is 193 Å². The van der Waals surface area contributed by atoms with Crippen molar-refractivity contribution in [3.8, 4) is 0 Å². The topological polar surface area (TPSA) is 78.9 Å². The van der Waals surface area contributed by atoms with E-state index in [1.807, 2.05) is 6.92 Å². The first-order valence-corrected chi connectivity index (χ1v) is 20.7. The summed E-state index contributed by atoms with van der Waals surface area (Å²) in [5, 5.41) is 0. The first-order chi connectivity index (χ1) is 23.1. The van der Waals surface area contributed by atoms with E-state index in [9.17, 15) is 14.4 Å². The Morgan fingerprint density at radius 1 is 0.553 bits per heavy atom. The summed E-state index contributed by atoms with van der Waals surface area (Å²) in [5.41, 5.74) is -0.893. The molecular weight excluding hydrogens is 607 g/mol. The van der Waals surface area contributed by atoms with Gasteiger partial charge in [-0.25, -0.2) is 9.59 Å². The fraction of sp³-hybridized carbons (Fsp3) is 0.825. The molecule has 0 aromatic rings. The summed E-state index contributed by atoms with van der Waals surface area (Å²) in [6.45, 7) is 2.67. The molecule has 0 saturated heterocycles. The lowest BCUT2D eigenvalue weighted by Gasteiger charge is -2.17. The van der Waals surface area contributed by atoms with Gasteiger partial charge in [-0.15, -0.1) is 0 Å². The molecule has 0 atom stereocenters. The first kappa shape index (κ1) is 43.3. The second kappa shape index (κ2) is 34.2. The molecular formula is C40H71O6P. The van der Waals surface area contributed by atoms with Crippen molar-refractivity contribution in [3.05, 3.63) is 24.3 Å². The molecule has 7 heteroatoms. The van der Waals surface area contributed by atoms with Crippen LogP contribution in [0.15, 0.2) is 24.3 Å². The van der Waals surface area contributed by atoms with E-state index in [-0.39, 0.29) is 12.1 Å². The molecule has 0 fully saturated rings. The molecule has 1 aliphatic heterocycles. The molecule has 0 aliphatic carbocycles. The zero-order valence-electron chi connectivity index (χ0n) is 30.3. The molecule has 0 bridgehead atoms. The number of carbonyl (C=O) groups excluding carboxylic acids is 3. The molecule has 0 amide bonds. The fourth-order valence-electron chi connectivity index (χ4n) is 5.96. The molecule has 0 saturated carbocycles. The lowest BCUT2D eigenvalue weighted by Crippen LogP contribution is -2.17. The van der Waals surface area contributed by atoms with Gasteiger partial charge in [-0.3, -0.25) is 4.79 Å². The Morgan fingerprint density at radius 2 is 0.872 bits per heavy atom. The van der Waals surface area contributed by atoms with E-state index in [2.05, 4.69) is 24.3 Å². The van der Waals surface area contributed by atoms with Gasteiger partial charge in [0.2, 0.25) is 0 Å². The minimum absolute atomic E-state index is 0.0458. The van der Waals surface area contributed by atoms with E-state index in [1.54, 1.807) is 0 Å². The zero-order chi connectivity index (χ0) is 33.9. The summed E-state index contributed by atoms with van der Waals surface area (Å²) in [4.78, 5) is 35.8. The van der Waals surface area contributed by atoms with Crippen LogP contribution in [-0.4, -0.2) is 36.7 Å². The number of rotatable bonds is 2. The van der Waals surface area contributed by atoms with Gasteiger partial charge in [0.15, 0.2) is 0 Å². The molecule has 0 N–H and O–H groups in total. The van der Waals surface area contributed by atoms with Gasteiger partial charge in [-0.1, -0.05) is 121 Å². The summed E-state index contributed by atoms with van der Waals surface area (Å²) in [7, 11) is -0.549. The number of hydrogen-bond acceptors (Lipinski definition) is 6. The van der Waals surface area contributed by atoms with Crippen molar-refractivity contribution in [2.24, 2.45) is 0 Å². The zero-order valence-corrected chi connectivity index (χ0v) is 31.3. The van der Waals surface area contributed by atoms with Gasteiger partial charge < -0.3 is 14.2 Å². The van der Waals surface area contributed by atoms with Crippen LogP contribution in [0.3, 0.4) is 0 Å². The second-order valence-corrected chi connectivity index (χ2v) is 14.4. The molecule has 1 heterocycles. The lowest BCUT2D eigenvalue weighted by molar-refractivity contribution is -0.149. The number of esters is 1. The van der Waals surface area contributed by atoms with E-state index in [0.717, 1.165) is 77.0 Å². The van der Waals surface area contributed by atoms with E-state index in [1.165, 1.54) is 103 Å². The standard InChI is InChI=1S/C40H71O6P/c1-2-38(41)46-37-33-29-25-21-17-13-9-5-3-7-11-15-19-23-27-31-35-44-39(42)47-40(43)45-36-32-28-24-20-16-12-8-4-6-10-14-18-22-26-30-34-37/h3-4,7-8,37,47H,2,5-6,9-36H2,1H3. The Labute approximate surface area is 290 Å². The third kappa shape index (κ3) is 31.3. The predicted octanol–water partition coefficient (Wildman–Crippen LogP) is 13.3. The van der Waals surface area contributed by atoms with Crippen molar-refractivity contribution in [1.29, 1.82) is 0 Å². The van der Waals surface area contributed by atoms with E-state index >= 15 is 0 Å². The highest BCUT2D eigenvalue weighted by Crippen LogP contribution is 2.20. The Balaban J connectivity index is 2.32. The number of carbonyl (C=O) groups is 3. The van der Waals surface area contributed by atoms with Crippen LogP contribution < -0.4 is 0 Å². The summed E-state index contributed by atoms with van der Waals surface area (Å²) < 4.78 is 16.2. The smallest absolute Gasteiger partial charge is 0.334 e. The molecule has 6 nitrogen and oxygen atoms in total. The van der Waals surface area contributed by atoms with Gasteiger partial charge in [0, 0.05) is 6.42 Å². The molecule has 272 valence electrons. The van der Waals surface area contributed by atoms with Crippen LogP contribution in [-0.2, 0) is 19.0 Å². The molecule has 0 radical (unpaired) electrons. The molecule has 0 spiro atoms. The van der Waals surface area contributed by atoms with Crippen LogP contribution in [0.5, 0.6) is 0 Å². The fourth-order valence-corrected chi connectivity index (χ4v) is 6.47. The summed E-state index contributed by atoms with van der Waals surface area (Å²) >= 11 is 0. The Morgan fingerprint density at radius 3 is 1.23 bits per heavy atom. The molecule has 0 aromatic carbocycles. The molecule has 47 heavy (non-hydrogen) atoms. The molecule has 1 aliphatic rings. The highest BCUT2D eigenvalue weighted by molar-refractivity contribution is 7.72. The number of cyclic esters (lactones) is 2. The minimum atomic E-state index is -0.549. The van der Waals surface area contributed by atoms with Gasteiger partial charge >= 0.3 is 17.4 Å². The largest absolute Gasteiger partial charge is 0.462 e. The first-order valence-electron chi connectivity index (χ1n) is 19.7. The number of ether oxygens (including phenoxy) is 3.